The Morgan fingerprint density at radius 3 is 2.35 bits per heavy atom. The summed E-state index contributed by atoms with van der Waals surface area (Å²) in [6, 6.07) is 11.7. The lowest BCUT2D eigenvalue weighted by Gasteiger charge is -2.12. The van der Waals surface area contributed by atoms with Gasteiger partial charge in [-0.05, 0) is 35.9 Å². The largest absolute Gasteiger partial charge is 0.497 e. The van der Waals surface area contributed by atoms with Crippen molar-refractivity contribution in [2.24, 2.45) is 7.05 Å². The van der Waals surface area contributed by atoms with Gasteiger partial charge in [0.2, 0.25) is 0 Å². The summed E-state index contributed by atoms with van der Waals surface area (Å²) in [5, 5.41) is 0.281. The van der Waals surface area contributed by atoms with Crippen LogP contribution in [0.1, 0.15) is 15.9 Å². The molecule has 2 aromatic carbocycles. The molecule has 0 bridgehead atoms. The quantitative estimate of drug-likeness (QED) is 0.664. The number of carbonyl (C=O) groups excluding carboxylic acids is 1. The molecular formula is C19H18N2O5. The normalized spacial score (nSPS) is 10.7. The standard InChI is InChI=1S/C19H18N2O5/c1-20-16-9-6-13(18(23)26-3)10-15(16)17(22)21(19(20)24)11-12-4-7-14(25-2)8-5-12/h4-10H,11H2,1-3H3. The molecule has 7 nitrogen and oxygen atoms in total. The van der Waals surface area contributed by atoms with E-state index in [0.717, 1.165) is 10.1 Å². The number of nitrogens with zero attached hydrogens (tertiary/aromatic N) is 2. The highest BCUT2D eigenvalue weighted by molar-refractivity contribution is 5.94. The molecule has 26 heavy (non-hydrogen) atoms. The lowest BCUT2D eigenvalue weighted by molar-refractivity contribution is 0.0601. The van der Waals surface area contributed by atoms with Gasteiger partial charge in [0.25, 0.3) is 5.56 Å². The first-order valence-corrected chi connectivity index (χ1v) is 7.91. The minimum atomic E-state index is -0.540. The maximum absolute atomic E-state index is 12.9. The number of aryl methyl sites for hydroxylation is 1. The molecule has 0 amide bonds. The fourth-order valence-electron chi connectivity index (χ4n) is 2.81. The van der Waals surface area contributed by atoms with Crippen LogP contribution in [0, 0.1) is 0 Å². The number of hydrogen-bond acceptors (Lipinski definition) is 5. The molecule has 0 saturated heterocycles. The van der Waals surface area contributed by atoms with Gasteiger partial charge in [-0.1, -0.05) is 12.1 Å². The zero-order valence-corrected chi connectivity index (χ0v) is 14.7. The number of rotatable bonds is 4. The number of hydrogen-bond donors (Lipinski definition) is 0. The Kier molecular flexibility index (Phi) is 4.62. The molecule has 3 aromatic rings. The van der Waals surface area contributed by atoms with Gasteiger partial charge in [0.15, 0.2) is 0 Å². The van der Waals surface area contributed by atoms with Gasteiger partial charge < -0.3 is 9.47 Å². The Morgan fingerprint density at radius 2 is 1.73 bits per heavy atom. The summed E-state index contributed by atoms with van der Waals surface area (Å²) in [6.07, 6.45) is 0. The number of aromatic nitrogens is 2. The molecule has 7 heteroatoms. The van der Waals surface area contributed by atoms with E-state index < -0.39 is 17.2 Å². The zero-order valence-electron chi connectivity index (χ0n) is 14.7. The Labute approximate surface area is 149 Å². The molecule has 0 radical (unpaired) electrons. The van der Waals surface area contributed by atoms with Gasteiger partial charge in [-0.2, -0.15) is 0 Å². The van der Waals surface area contributed by atoms with E-state index in [1.54, 1.807) is 44.5 Å². The first kappa shape index (κ1) is 17.5. The molecule has 0 spiro atoms. The Hall–Kier alpha value is -3.35. The molecular weight excluding hydrogens is 336 g/mol. The van der Waals surface area contributed by atoms with Crippen molar-refractivity contribution in [1.82, 2.24) is 9.13 Å². The van der Waals surface area contributed by atoms with Crippen molar-refractivity contribution in [3.05, 3.63) is 74.4 Å². The Balaban J connectivity index is 2.16. The van der Waals surface area contributed by atoms with Crippen LogP contribution in [0.2, 0.25) is 0 Å². The number of esters is 1. The van der Waals surface area contributed by atoms with Crippen LogP contribution in [0.3, 0.4) is 0 Å². The first-order valence-electron chi connectivity index (χ1n) is 7.91. The summed E-state index contributed by atoms with van der Waals surface area (Å²) >= 11 is 0. The topological polar surface area (TPSA) is 79.5 Å². The third-order valence-corrected chi connectivity index (χ3v) is 4.27. The molecule has 0 unspecified atom stereocenters. The van der Waals surface area contributed by atoms with Gasteiger partial charge in [-0.3, -0.25) is 13.9 Å². The van der Waals surface area contributed by atoms with Crippen LogP contribution in [0.25, 0.3) is 10.9 Å². The van der Waals surface area contributed by atoms with Gasteiger partial charge in [-0.15, -0.1) is 0 Å². The molecule has 0 N–H and O–H groups in total. The van der Waals surface area contributed by atoms with E-state index in [4.69, 9.17) is 9.47 Å². The van der Waals surface area contributed by atoms with Crippen molar-refractivity contribution in [2.75, 3.05) is 14.2 Å². The maximum atomic E-state index is 12.9. The number of methoxy groups -OCH3 is 2. The summed E-state index contributed by atoms with van der Waals surface area (Å²) in [6.45, 7) is 0.119. The molecule has 3 rings (SSSR count). The van der Waals surface area contributed by atoms with E-state index in [1.807, 2.05) is 0 Å². The molecule has 134 valence electrons. The monoisotopic (exact) mass is 354 g/mol. The summed E-state index contributed by atoms with van der Waals surface area (Å²) < 4.78 is 12.3. The second-order valence-corrected chi connectivity index (χ2v) is 5.80. The molecule has 0 aliphatic heterocycles. The van der Waals surface area contributed by atoms with E-state index in [1.165, 1.54) is 23.8 Å². The highest BCUT2D eigenvalue weighted by Gasteiger charge is 2.14. The van der Waals surface area contributed by atoms with Crippen molar-refractivity contribution >= 4 is 16.9 Å². The predicted octanol–water partition coefficient (Wildman–Crippen LogP) is 1.54. The van der Waals surface area contributed by atoms with E-state index in [0.29, 0.717) is 11.3 Å². The first-order chi connectivity index (χ1) is 12.5. The predicted molar refractivity (Wildman–Crippen MR) is 96.9 cm³/mol. The van der Waals surface area contributed by atoms with Gasteiger partial charge in [0.1, 0.15) is 5.75 Å². The SMILES string of the molecule is COC(=O)c1ccc2c(c1)c(=O)n(Cc1ccc(OC)cc1)c(=O)n2C. The molecule has 0 aliphatic rings. The van der Waals surface area contributed by atoms with Crippen LogP contribution < -0.4 is 16.0 Å². The highest BCUT2D eigenvalue weighted by Crippen LogP contribution is 2.14. The van der Waals surface area contributed by atoms with Crippen molar-refractivity contribution in [2.45, 2.75) is 6.54 Å². The zero-order chi connectivity index (χ0) is 18.8. The van der Waals surface area contributed by atoms with E-state index in [-0.39, 0.29) is 17.5 Å². The molecule has 0 aliphatic carbocycles. The van der Waals surface area contributed by atoms with Gasteiger partial charge in [0, 0.05) is 7.05 Å². The third kappa shape index (κ3) is 2.99. The van der Waals surface area contributed by atoms with Gasteiger partial charge in [0.05, 0.1) is 37.2 Å². The van der Waals surface area contributed by atoms with Crippen LogP contribution in [0.15, 0.2) is 52.1 Å². The van der Waals surface area contributed by atoms with Crippen LogP contribution in [0.5, 0.6) is 5.75 Å². The molecule has 0 atom stereocenters. The third-order valence-electron chi connectivity index (χ3n) is 4.27. The lowest BCUT2D eigenvalue weighted by Crippen LogP contribution is -2.39. The summed E-state index contributed by atoms with van der Waals surface area (Å²) in [4.78, 5) is 37.2. The van der Waals surface area contributed by atoms with Crippen molar-refractivity contribution in [3.63, 3.8) is 0 Å². The van der Waals surface area contributed by atoms with E-state index in [9.17, 15) is 14.4 Å². The van der Waals surface area contributed by atoms with Crippen LogP contribution in [0.4, 0.5) is 0 Å². The Bertz CT molecular complexity index is 1090. The smallest absolute Gasteiger partial charge is 0.337 e. The minimum absolute atomic E-state index is 0.119. The van der Waals surface area contributed by atoms with Crippen LogP contribution in [-0.4, -0.2) is 29.3 Å². The Morgan fingerprint density at radius 1 is 1.04 bits per heavy atom. The lowest BCUT2D eigenvalue weighted by atomic mass is 10.1. The highest BCUT2D eigenvalue weighted by atomic mass is 16.5. The second kappa shape index (κ2) is 6.87. The fraction of sp³-hybridized carbons (Fsp3) is 0.211. The second-order valence-electron chi connectivity index (χ2n) is 5.80. The average molecular weight is 354 g/mol. The number of benzene rings is 2. The maximum Gasteiger partial charge on any atom is 0.337 e. The average Bonchev–Trinajstić information content (AvgIpc) is 2.69. The minimum Gasteiger partial charge on any atom is -0.497 e. The molecule has 0 fully saturated rings. The summed E-state index contributed by atoms with van der Waals surface area (Å²) in [5.41, 5.74) is 0.618. The van der Waals surface area contributed by atoms with Gasteiger partial charge >= 0.3 is 11.7 Å². The van der Waals surface area contributed by atoms with E-state index in [2.05, 4.69) is 0 Å². The van der Waals surface area contributed by atoms with Crippen molar-refractivity contribution in [1.29, 1.82) is 0 Å². The number of ether oxygens (including phenoxy) is 2. The fourth-order valence-corrected chi connectivity index (χ4v) is 2.81. The molecule has 1 aromatic heterocycles. The summed E-state index contributed by atoms with van der Waals surface area (Å²) in [7, 11) is 4.43. The van der Waals surface area contributed by atoms with Gasteiger partial charge in [-0.25, -0.2) is 9.59 Å². The van der Waals surface area contributed by atoms with Crippen LogP contribution in [-0.2, 0) is 18.3 Å². The van der Waals surface area contributed by atoms with Crippen molar-refractivity contribution < 1.29 is 14.3 Å². The number of carbonyl (C=O) groups is 1. The summed E-state index contributed by atoms with van der Waals surface area (Å²) in [5.74, 6) is 0.150. The molecule has 1 heterocycles. The number of fused-ring (bicyclic) bond motifs is 1. The van der Waals surface area contributed by atoms with Crippen molar-refractivity contribution in [3.8, 4) is 5.75 Å². The van der Waals surface area contributed by atoms with E-state index >= 15 is 0 Å². The molecule has 0 saturated carbocycles. The van der Waals surface area contributed by atoms with Crippen LogP contribution >= 0.6 is 0 Å².